The highest BCUT2D eigenvalue weighted by Gasteiger charge is 2.31. The Labute approximate surface area is 120 Å². The van der Waals surface area contributed by atoms with Gasteiger partial charge >= 0.3 is 0 Å². The molecule has 1 saturated heterocycles. The van der Waals surface area contributed by atoms with E-state index in [0.29, 0.717) is 23.1 Å². The fourth-order valence-corrected chi connectivity index (χ4v) is 2.14. The second-order valence-electron chi connectivity index (χ2n) is 4.22. The van der Waals surface area contributed by atoms with Gasteiger partial charge in [-0.25, -0.2) is 0 Å². The van der Waals surface area contributed by atoms with Crippen molar-refractivity contribution in [1.29, 1.82) is 0 Å². The molecule has 0 unspecified atom stereocenters. The van der Waals surface area contributed by atoms with Crippen molar-refractivity contribution in [3.05, 3.63) is 59.9 Å². The van der Waals surface area contributed by atoms with Crippen LogP contribution in [0.2, 0.25) is 0 Å². The molecule has 100 valence electrons. The minimum absolute atomic E-state index is 0.183. The summed E-state index contributed by atoms with van der Waals surface area (Å²) in [4.78, 5) is 18.0. The normalized spacial score (nSPS) is 16.8. The van der Waals surface area contributed by atoms with Crippen molar-refractivity contribution in [3.63, 3.8) is 0 Å². The zero-order valence-electron chi connectivity index (χ0n) is 10.4. The van der Waals surface area contributed by atoms with Crippen molar-refractivity contribution in [2.45, 2.75) is 6.54 Å². The van der Waals surface area contributed by atoms with Gasteiger partial charge in [-0.3, -0.25) is 14.7 Å². The van der Waals surface area contributed by atoms with Crippen molar-refractivity contribution in [2.24, 2.45) is 0 Å². The lowest BCUT2D eigenvalue weighted by molar-refractivity contribution is -0.122. The van der Waals surface area contributed by atoms with E-state index in [0.717, 1.165) is 5.69 Å². The number of amides is 1. The lowest BCUT2D eigenvalue weighted by atomic mass is 10.3. The topological polar surface area (TPSA) is 58.4 Å². The molecule has 1 aliphatic heterocycles. The Morgan fingerprint density at radius 3 is 2.95 bits per heavy atom. The van der Waals surface area contributed by atoms with Crippen molar-refractivity contribution in [3.8, 4) is 0 Å². The summed E-state index contributed by atoms with van der Waals surface area (Å²) >= 11 is 5.18. The zero-order valence-corrected chi connectivity index (χ0v) is 11.3. The molecular weight excluding hydrogens is 274 g/mol. The number of nitrogens with zero attached hydrogens (tertiary/aromatic N) is 2. The molecule has 5 nitrogen and oxygen atoms in total. The highest BCUT2D eigenvalue weighted by atomic mass is 32.1. The minimum atomic E-state index is -0.183. The molecule has 2 aromatic rings. The Hall–Kier alpha value is -2.47. The summed E-state index contributed by atoms with van der Waals surface area (Å²) in [6, 6.07) is 9.08. The van der Waals surface area contributed by atoms with Gasteiger partial charge in [-0.1, -0.05) is 6.07 Å². The van der Waals surface area contributed by atoms with Gasteiger partial charge in [0.2, 0.25) is 0 Å². The number of furan rings is 1. The van der Waals surface area contributed by atoms with Crippen LogP contribution < -0.4 is 5.32 Å². The van der Waals surface area contributed by atoms with Crippen LogP contribution in [0.3, 0.4) is 0 Å². The fraction of sp³-hybridized carbons (Fsp3) is 0.0714. The predicted octanol–water partition coefficient (Wildman–Crippen LogP) is 1.93. The first-order valence-electron chi connectivity index (χ1n) is 6.02. The molecule has 0 bridgehead atoms. The SMILES string of the molecule is O=C1/C(=C/c2ccco2)NC(=S)N1Cc1ccccn1. The van der Waals surface area contributed by atoms with Crippen LogP contribution in [0, 0.1) is 0 Å². The van der Waals surface area contributed by atoms with Crippen LogP contribution in [0.25, 0.3) is 6.08 Å². The molecule has 1 amide bonds. The maximum atomic E-state index is 12.3. The Morgan fingerprint density at radius 1 is 1.35 bits per heavy atom. The van der Waals surface area contributed by atoms with E-state index in [1.165, 1.54) is 4.90 Å². The summed E-state index contributed by atoms with van der Waals surface area (Å²) in [7, 11) is 0. The number of aromatic nitrogens is 1. The molecule has 0 radical (unpaired) electrons. The standard InChI is InChI=1S/C14H11N3O2S/c18-13-12(8-11-5-3-7-19-11)16-14(20)17(13)9-10-4-1-2-6-15-10/h1-8H,9H2,(H,16,20)/b12-8-. The number of pyridine rings is 1. The number of carbonyl (C=O) groups is 1. The van der Waals surface area contributed by atoms with Crippen LogP contribution >= 0.6 is 12.2 Å². The molecule has 0 atom stereocenters. The summed E-state index contributed by atoms with van der Waals surface area (Å²) in [5.74, 6) is 0.417. The van der Waals surface area contributed by atoms with Crippen LogP contribution in [0.5, 0.6) is 0 Å². The minimum Gasteiger partial charge on any atom is -0.465 e. The Balaban J connectivity index is 1.81. The maximum Gasteiger partial charge on any atom is 0.277 e. The van der Waals surface area contributed by atoms with E-state index in [1.807, 2.05) is 18.2 Å². The summed E-state index contributed by atoms with van der Waals surface area (Å²) in [6.45, 7) is 0.348. The molecule has 1 fully saturated rings. The van der Waals surface area contributed by atoms with E-state index >= 15 is 0 Å². The van der Waals surface area contributed by atoms with Gasteiger partial charge in [0.1, 0.15) is 11.5 Å². The van der Waals surface area contributed by atoms with Gasteiger partial charge in [0, 0.05) is 12.3 Å². The Morgan fingerprint density at radius 2 is 2.25 bits per heavy atom. The van der Waals surface area contributed by atoms with E-state index in [2.05, 4.69) is 10.3 Å². The van der Waals surface area contributed by atoms with Gasteiger partial charge in [0.25, 0.3) is 5.91 Å². The van der Waals surface area contributed by atoms with E-state index < -0.39 is 0 Å². The number of nitrogens with one attached hydrogen (secondary N) is 1. The monoisotopic (exact) mass is 285 g/mol. The van der Waals surface area contributed by atoms with Gasteiger partial charge in [-0.15, -0.1) is 0 Å². The molecule has 3 heterocycles. The Bertz CT molecular complexity index is 665. The highest BCUT2D eigenvalue weighted by Crippen LogP contribution is 2.16. The average Bonchev–Trinajstić information content (AvgIpc) is 3.05. The lowest BCUT2D eigenvalue weighted by Gasteiger charge is -2.12. The fourth-order valence-electron chi connectivity index (χ4n) is 1.88. The van der Waals surface area contributed by atoms with Crippen molar-refractivity contribution in [2.75, 3.05) is 0 Å². The highest BCUT2D eigenvalue weighted by molar-refractivity contribution is 7.80. The zero-order chi connectivity index (χ0) is 13.9. The van der Waals surface area contributed by atoms with Gasteiger partial charge < -0.3 is 9.73 Å². The molecule has 0 aliphatic carbocycles. The number of thiocarbonyl (C=S) groups is 1. The van der Waals surface area contributed by atoms with Crippen molar-refractivity contribution in [1.82, 2.24) is 15.2 Å². The molecule has 0 spiro atoms. The van der Waals surface area contributed by atoms with E-state index in [4.69, 9.17) is 16.6 Å². The molecule has 3 rings (SSSR count). The third-order valence-electron chi connectivity index (χ3n) is 2.84. The second-order valence-corrected chi connectivity index (χ2v) is 4.60. The molecule has 1 N–H and O–H groups in total. The first kappa shape index (κ1) is 12.6. The van der Waals surface area contributed by atoms with E-state index in [-0.39, 0.29) is 5.91 Å². The van der Waals surface area contributed by atoms with Crippen molar-refractivity contribution >= 4 is 29.3 Å². The maximum absolute atomic E-state index is 12.3. The second kappa shape index (κ2) is 5.26. The van der Waals surface area contributed by atoms with Gasteiger partial charge in [-0.05, 0) is 36.5 Å². The average molecular weight is 285 g/mol. The number of carbonyl (C=O) groups excluding carboxylic acids is 1. The number of hydrogen-bond acceptors (Lipinski definition) is 4. The number of hydrogen-bond donors (Lipinski definition) is 1. The first-order valence-corrected chi connectivity index (χ1v) is 6.43. The molecule has 1 aliphatic rings. The summed E-state index contributed by atoms with van der Waals surface area (Å²) in [5, 5.41) is 3.27. The number of rotatable bonds is 3. The summed E-state index contributed by atoms with van der Waals surface area (Å²) in [5.41, 5.74) is 1.19. The van der Waals surface area contributed by atoms with Crippen molar-refractivity contribution < 1.29 is 9.21 Å². The van der Waals surface area contributed by atoms with Gasteiger partial charge in [0.05, 0.1) is 18.5 Å². The Kier molecular flexibility index (Phi) is 3.30. The molecule has 0 aromatic carbocycles. The van der Waals surface area contributed by atoms with Gasteiger partial charge in [0.15, 0.2) is 5.11 Å². The molecular formula is C14H11N3O2S. The van der Waals surface area contributed by atoms with Crippen LogP contribution in [0.1, 0.15) is 11.5 Å². The quantitative estimate of drug-likeness (QED) is 0.690. The molecule has 0 saturated carbocycles. The lowest BCUT2D eigenvalue weighted by Crippen LogP contribution is -2.30. The van der Waals surface area contributed by atoms with E-state index in [1.54, 1.807) is 30.7 Å². The molecule has 6 heteroatoms. The summed E-state index contributed by atoms with van der Waals surface area (Å²) < 4.78 is 5.19. The molecule has 20 heavy (non-hydrogen) atoms. The summed E-state index contributed by atoms with van der Waals surface area (Å²) in [6.07, 6.45) is 4.87. The van der Waals surface area contributed by atoms with Crippen LogP contribution in [-0.4, -0.2) is 20.9 Å². The predicted molar refractivity (Wildman–Crippen MR) is 77.2 cm³/mol. The first-order chi connectivity index (χ1) is 9.74. The van der Waals surface area contributed by atoms with Crippen LogP contribution in [0.4, 0.5) is 0 Å². The van der Waals surface area contributed by atoms with Crippen LogP contribution in [0.15, 0.2) is 52.9 Å². The van der Waals surface area contributed by atoms with Gasteiger partial charge in [-0.2, -0.15) is 0 Å². The molecule has 2 aromatic heterocycles. The largest absolute Gasteiger partial charge is 0.465 e. The third kappa shape index (κ3) is 2.46. The van der Waals surface area contributed by atoms with Crippen LogP contribution in [-0.2, 0) is 11.3 Å². The smallest absolute Gasteiger partial charge is 0.277 e. The van der Waals surface area contributed by atoms with E-state index in [9.17, 15) is 4.79 Å². The third-order valence-corrected chi connectivity index (χ3v) is 3.16.